The van der Waals surface area contributed by atoms with Crippen LogP contribution in [0.25, 0.3) is 0 Å². The van der Waals surface area contributed by atoms with Gasteiger partial charge in [-0.2, -0.15) is 0 Å². The van der Waals surface area contributed by atoms with Gasteiger partial charge in [0.05, 0.1) is 12.0 Å². The van der Waals surface area contributed by atoms with Crippen LogP contribution >= 0.6 is 0 Å². The monoisotopic (exact) mass is 490 g/mol. The number of carbonyl (C=O) groups excluding carboxylic acids is 4. The molecule has 0 radical (unpaired) electrons. The highest BCUT2D eigenvalue weighted by Crippen LogP contribution is 2.28. The number of hydrogen-bond donors (Lipinski definition) is 4. The molecule has 35 heavy (non-hydrogen) atoms. The highest BCUT2D eigenvalue weighted by atomic mass is 16.5. The number of hydrogen-bond acceptors (Lipinski definition) is 7. The third kappa shape index (κ3) is 9.94. The molecule has 3 amide bonds. The molecule has 6 N–H and O–H groups in total. The summed E-state index contributed by atoms with van der Waals surface area (Å²) in [6.07, 6.45) is 2.52. The molecule has 1 aromatic carbocycles. The molecule has 1 aliphatic rings. The summed E-state index contributed by atoms with van der Waals surface area (Å²) in [5.74, 6) is -1.56. The summed E-state index contributed by atoms with van der Waals surface area (Å²) in [4.78, 5) is 48.6. The lowest BCUT2D eigenvalue weighted by molar-refractivity contribution is -0.158. The molecule has 10 heteroatoms. The van der Waals surface area contributed by atoms with Crippen LogP contribution in [-0.2, 0) is 30.5 Å². The Morgan fingerprint density at radius 2 is 1.71 bits per heavy atom. The summed E-state index contributed by atoms with van der Waals surface area (Å²) < 4.78 is 11.1. The number of rotatable bonds is 12. The van der Waals surface area contributed by atoms with Gasteiger partial charge in [-0.15, -0.1) is 0 Å². The van der Waals surface area contributed by atoms with E-state index in [1.54, 1.807) is 0 Å². The Hall–Kier alpha value is -3.14. The quantitative estimate of drug-likeness (QED) is 0.256. The first kappa shape index (κ1) is 28.1. The van der Waals surface area contributed by atoms with Crippen LogP contribution in [0.4, 0.5) is 4.79 Å². The van der Waals surface area contributed by atoms with Crippen LogP contribution in [-0.4, -0.2) is 48.6 Å². The standard InChI is InChI=1S/C25H38N4O6/c1-16(2)21(26)22(30)29-20(9-6-14-28-25(27)33)24(32)35-19-12-10-18(11-13-19)23(31)34-15-17-7-4-3-5-8-17/h3-5,7-8,16,18-21H,6,9-15,26H2,1-2H3,(H,29,30)(H3,27,28,33)/t18?,19?,20-,21-/m0/s1. The van der Waals surface area contributed by atoms with Gasteiger partial charge in [-0.3, -0.25) is 9.59 Å². The van der Waals surface area contributed by atoms with Crippen LogP contribution in [0, 0.1) is 11.8 Å². The Morgan fingerprint density at radius 1 is 1.06 bits per heavy atom. The van der Waals surface area contributed by atoms with E-state index < -0.39 is 30.0 Å². The second-order valence-corrected chi connectivity index (χ2v) is 9.27. The van der Waals surface area contributed by atoms with Gasteiger partial charge in [-0.05, 0) is 50.0 Å². The van der Waals surface area contributed by atoms with E-state index in [0.29, 0.717) is 32.1 Å². The van der Waals surface area contributed by atoms with Crippen molar-refractivity contribution < 1.29 is 28.7 Å². The first-order chi connectivity index (χ1) is 16.7. The minimum Gasteiger partial charge on any atom is -0.461 e. The van der Waals surface area contributed by atoms with Gasteiger partial charge < -0.3 is 31.6 Å². The number of benzene rings is 1. The van der Waals surface area contributed by atoms with Crippen LogP contribution in [0.15, 0.2) is 30.3 Å². The summed E-state index contributed by atoms with van der Waals surface area (Å²) in [5, 5.41) is 5.14. The smallest absolute Gasteiger partial charge is 0.328 e. The van der Waals surface area contributed by atoms with E-state index in [1.807, 2.05) is 44.2 Å². The molecule has 0 unspecified atom stereocenters. The van der Waals surface area contributed by atoms with E-state index in [-0.39, 0.29) is 43.5 Å². The second kappa shape index (κ2) is 14.3. The fourth-order valence-corrected chi connectivity index (χ4v) is 3.85. The van der Waals surface area contributed by atoms with Crippen molar-refractivity contribution in [2.45, 2.75) is 77.2 Å². The third-order valence-electron chi connectivity index (χ3n) is 6.11. The zero-order chi connectivity index (χ0) is 25.8. The molecule has 1 aromatic rings. The van der Waals surface area contributed by atoms with Crippen molar-refractivity contribution in [3.63, 3.8) is 0 Å². The average Bonchev–Trinajstić information content (AvgIpc) is 2.84. The number of esters is 2. The topological polar surface area (TPSA) is 163 Å². The van der Waals surface area contributed by atoms with Crippen LogP contribution < -0.4 is 22.1 Å². The maximum absolute atomic E-state index is 12.9. The van der Waals surface area contributed by atoms with Gasteiger partial charge in [0, 0.05) is 6.54 Å². The Labute approximate surface area is 206 Å². The van der Waals surface area contributed by atoms with E-state index in [2.05, 4.69) is 10.6 Å². The number of nitrogens with one attached hydrogen (secondary N) is 2. The molecular weight excluding hydrogens is 452 g/mol. The van der Waals surface area contributed by atoms with Gasteiger partial charge in [0.2, 0.25) is 5.91 Å². The first-order valence-corrected chi connectivity index (χ1v) is 12.2. The van der Waals surface area contributed by atoms with Crippen LogP contribution in [0.2, 0.25) is 0 Å². The van der Waals surface area contributed by atoms with Gasteiger partial charge in [0.1, 0.15) is 18.8 Å². The number of primary amides is 1. The van der Waals surface area contributed by atoms with E-state index in [4.69, 9.17) is 20.9 Å². The number of carbonyl (C=O) groups is 4. The third-order valence-corrected chi connectivity index (χ3v) is 6.11. The summed E-state index contributed by atoms with van der Waals surface area (Å²) >= 11 is 0. The summed E-state index contributed by atoms with van der Waals surface area (Å²) in [5.41, 5.74) is 11.9. The highest BCUT2D eigenvalue weighted by Gasteiger charge is 2.32. The predicted molar refractivity (Wildman–Crippen MR) is 130 cm³/mol. The molecule has 0 spiro atoms. The minimum atomic E-state index is -0.893. The summed E-state index contributed by atoms with van der Waals surface area (Å²) in [7, 11) is 0. The number of amides is 3. The number of urea groups is 1. The predicted octanol–water partition coefficient (Wildman–Crippen LogP) is 1.75. The number of ether oxygens (including phenoxy) is 2. The maximum atomic E-state index is 12.9. The van der Waals surface area contributed by atoms with Crippen molar-refractivity contribution in [3.05, 3.63) is 35.9 Å². The van der Waals surface area contributed by atoms with Gasteiger partial charge in [-0.1, -0.05) is 44.2 Å². The molecule has 0 aliphatic heterocycles. The number of nitrogens with two attached hydrogens (primary N) is 2. The second-order valence-electron chi connectivity index (χ2n) is 9.27. The SMILES string of the molecule is CC(C)[C@H](N)C(=O)N[C@@H](CCCNC(N)=O)C(=O)OC1CCC(C(=O)OCc2ccccc2)CC1. The molecule has 1 fully saturated rings. The molecule has 0 saturated heterocycles. The molecule has 0 bridgehead atoms. The van der Waals surface area contributed by atoms with Crippen molar-refractivity contribution in [2.24, 2.45) is 23.3 Å². The molecule has 1 saturated carbocycles. The van der Waals surface area contributed by atoms with Crippen molar-refractivity contribution in [2.75, 3.05) is 6.54 Å². The molecule has 194 valence electrons. The van der Waals surface area contributed by atoms with Crippen molar-refractivity contribution in [1.29, 1.82) is 0 Å². The van der Waals surface area contributed by atoms with Crippen molar-refractivity contribution in [1.82, 2.24) is 10.6 Å². The van der Waals surface area contributed by atoms with E-state index in [1.165, 1.54) is 0 Å². The zero-order valence-electron chi connectivity index (χ0n) is 20.5. The fourth-order valence-electron chi connectivity index (χ4n) is 3.85. The lowest BCUT2D eigenvalue weighted by Gasteiger charge is -2.29. The van der Waals surface area contributed by atoms with E-state index in [9.17, 15) is 19.2 Å². The van der Waals surface area contributed by atoms with Gasteiger partial charge in [0.25, 0.3) is 0 Å². The van der Waals surface area contributed by atoms with Gasteiger partial charge in [-0.25, -0.2) is 9.59 Å². The Balaban J connectivity index is 1.83. The molecule has 10 nitrogen and oxygen atoms in total. The van der Waals surface area contributed by atoms with Crippen LogP contribution in [0.3, 0.4) is 0 Å². The summed E-state index contributed by atoms with van der Waals surface area (Å²) in [6, 6.07) is 7.18. The minimum absolute atomic E-state index is 0.0971. The molecule has 1 aliphatic carbocycles. The molecule has 0 heterocycles. The average molecular weight is 491 g/mol. The molecule has 2 rings (SSSR count). The van der Waals surface area contributed by atoms with Gasteiger partial charge >= 0.3 is 18.0 Å². The molecule has 2 atom stereocenters. The Morgan fingerprint density at radius 3 is 2.31 bits per heavy atom. The van der Waals surface area contributed by atoms with E-state index >= 15 is 0 Å². The first-order valence-electron chi connectivity index (χ1n) is 12.2. The Kier molecular flexibility index (Phi) is 11.5. The zero-order valence-corrected chi connectivity index (χ0v) is 20.5. The van der Waals surface area contributed by atoms with E-state index in [0.717, 1.165) is 5.56 Å². The normalized spacial score (nSPS) is 19.3. The van der Waals surface area contributed by atoms with Crippen molar-refractivity contribution in [3.8, 4) is 0 Å². The lowest BCUT2D eigenvalue weighted by Crippen LogP contribution is -2.51. The maximum Gasteiger partial charge on any atom is 0.328 e. The molecule has 0 aromatic heterocycles. The van der Waals surface area contributed by atoms with Gasteiger partial charge in [0.15, 0.2) is 0 Å². The fraction of sp³-hybridized carbons (Fsp3) is 0.600. The largest absolute Gasteiger partial charge is 0.461 e. The molecular formula is C25H38N4O6. The van der Waals surface area contributed by atoms with Crippen molar-refractivity contribution >= 4 is 23.9 Å². The lowest BCUT2D eigenvalue weighted by atomic mass is 9.87. The summed E-state index contributed by atoms with van der Waals surface area (Å²) in [6.45, 7) is 4.13. The highest BCUT2D eigenvalue weighted by molar-refractivity contribution is 5.87. The van der Waals surface area contributed by atoms with Crippen LogP contribution in [0.5, 0.6) is 0 Å². The van der Waals surface area contributed by atoms with Crippen LogP contribution in [0.1, 0.15) is 57.9 Å². The Bertz CT molecular complexity index is 840.